The molecular formula is C10H17BrN4. The average molecular weight is 273 g/mol. The third kappa shape index (κ3) is 2.58. The second-order valence-corrected chi connectivity index (χ2v) is 4.97. The number of nitrogens with zero attached hydrogens (tertiary/aromatic N) is 3. The molecule has 1 heterocycles. The number of aromatic nitrogens is 3. The van der Waals surface area contributed by atoms with Crippen LogP contribution >= 0.6 is 15.9 Å². The molecule has 5 heteroatoms. The molecule has 0 radical (unpaired) electrons. The van der Waals surface area contributed by atoms with Crippen molar-refractivity contribution in [2.45, 2.75) is 31.7 Å². The van der Waals surface area contributed by atoms with Gasteiger partial charge in [-0.2, -0.15) is 0 Å². The maximum atomic E-state index is 3.99. The van der Waals surface area contributed by atoms with Gasteiger partial charge in [-0.15, -0.1) is 5.10 Å². The summed E-state index contributed by atoms with van der Waals surface area (Å²) in [6, 6.07) is 0.659. The van der Waals surface area contributed by atoms with Gasteiger partial charge in [0.05, 0.1) is 5.69 Å². The number of hydrogen-bond acceptors (Lipinski definition) is 3. The minimum Gasteiger partial charge on any atom is -0.317 e. The molecule has 0 amide bonds. The highest BCUT2D eigenvalue weighted by molar-refractivity contribution is 9.10. The molecule has 1 unspecified atom stereocenters. The molecule has 1 aromatic heterocycles. The van der Waals surface area contributed by atoms with E-state index in [-0.39, 0.29) is 0 Å². The van der Waals surface area contributed by atoms with Gasteiger partial charge in [0.1, 0.15) is 0 Å². The standard InChI is InChI=1S/C10H17BrN4/c1-12-8(7-3-4-7)5-6-9-10(11)13-14-15(9)2/h7-8,12H,3-6H2,1-2H3. The van der Waals surface area contributed by atoms with E-state index in [0.717, 1.165) is 16.9 Å². The molecule has 0 saturated heterocycles. The third-order valence-electron chi connectivity index (χ3n) is 3.15. The van der Waals surface area contributed by atoms with Crippen molar-refractivity contribution < 1.29 is 0 Å². The Kier molecular flexibility index (Phi) is 3.41. The summed E-state index contributed by atoms with van der Waals surface area (Å²) in [4.78, 5) is 0. The summed E-state index contributed by atoms with van der Waals surface area (Å²) >= 11 is 3.43. The topological polar surface area (TPSA) is 42.7 Å². The van der Waals surface area contributed by atoms with E-state index in [9.17, 15) is 0 Å². The number of halogens is 1. The minimum atomic E-state index is 0.659. The Balaban J connectivity index is 1.91. The number of rotatable bonds is 5. The fraction of sp³-hybridized carbons (Fsp3) is 0.800. The second-order valence-electron chi connectivity index (χ2n) is 4.22. The Morgan fingerprint density at radius 3 is 2.80 bits per heavy atom. The first-order valence-electron chi connectivity index (χ1n) is 5.43. The predicted molar refractivity (Wildman–Crippen MR) is 62.6 cm³/mol. The monoisotopic (exact) mass is 272 g/mol. The largest absolute Gasteiger partial charge is 0.317 e. The molecule has 15 heavy (non-hydrogen) atoms. The van der Waals surface area contributed by atoms with Gasteiger partial charge in [0.15, 0.2) is 4.60 Å². The van der Waals surface area contributed by atoms with Crippen LogP contribution in [0.15, 0.2) is 4.60 Å². The van der Waals surface area contributed by atoms with E-state index in [1.54, 1.807) is 0 Å². The van der Waals surface area contributed by atoms with Crippen LogP contribution in [0, 0.1) is 5.92 Å². The maximum Gasteiger partial charge on any atom is 0.151 e. The van der Waals surface area contributed by atoms with Crippen LogP contribution in [-0.4, -0.2) is 28.1 Å². The van der Waals surface area contributed by atoms with E-state index >= 15 is 0 Å². The summed E-state index contributed by atoms with van der Waals surface area (Å²) in [5, 5.41) is 11.4. The summed E-state index contributed by atoms with van der Waals surface area (Å²) in [7, 11) is 4.00. The third-order valence-corrected chi connectivity index (χ3v) is 3.77. The molecule has 0 bridgehead atoms. The van der Waals surface area contributed by atoms with Gasteiger partial charge >= 0.3 is 0 Å². The lowest BCUT2D eigenvalue weighted by Gasteiger charge is -2.14. The van der Waals surface area contributed by atoms with Crippen LogP contribution in [0.4, 0.5) is 0 Å². The van der Waals surface area contributed by atoms with Gasteiger partial charge in [0.25, 0.3) is 0 Å². The lowest BCUT2D eigenvalue weighted by Crippen LogP contribution is -2.28. The molecule has 4 nitrogen and oxygen atoms in total. The predicted octanol–water partition coefficient (Wildman–Crippen LogP) is 1.51. The van der Waals surface area contributed by atoms with Gasteiger partial charge in [0.2, 0.25) is 0 Å². The molecule has 1 aliphatic rings. The van der Waals surface area contributed by atoms with Gasteiger partial charge in [-0.05, 0) is 54.6 Å². The smallest absolute Gasteiger partial charge is 0.151 e. The quantitative estimate of drug-likeness (QED) is 0.884. The number of nitrogens with one attached hydrogen (secondary N) is 1. The minimum absolute atomic E-state index is 0.659. The lowest BCUT2D eigenvalue weighted by atomic mass is 10.1. The lowest BCUT2D eigenvalue weighted by molar-refractivity contribution is 0.463. The molecule has 84 valence electrons. The molecule has 0 aromatic carbocycles. The van der Waals surface area contributed by atoms with Gasteiger partial charge < -0.3 is 5.32 Å². The summed E-state index contributed by atoms with van der Waals surface area (Å²) in [5.41, 5.74) is 1.19. The Hall–Kier alpha value is -0.420. The van der Waals surface area contributed by atoms with Crippen LogP contribution in [0.5, 0.6) is 0 Å². The molecule has 1 atom stereocenters. The summed E-state index contributed by atoms with van der Waals surface area (Å²) in [6.45, 7) is 0. The van der Waals surface area contributed by atoms with Crippen molar-refractivity contribution in [3.05, 3.63) is 10.3 Å². The van der Waals surface area contributed by atoms with E-state index in [0.29, 0.717) is 6.04 Å². The van der Waals surface area contributed by atoms with Crippen molar-refractivity contribution in [3.63, 3.8) is 0 Å². The van der Waals surface area contributed by atoms with Gasteiger partial charge in [-0.25, -0.2) is 0 Å². The Labute approximate surface area is 98.6 Å². The van der Waals surface area contributed by atoms with Gasteiger partial charge in [-0.1, -0.05) is 5.21 Å². The van der Waals surface area contributed by atoms with Gasteiger partial charge in [-0.3, -0.25) is 4.68 Å². The van der Waals surface area contributed by atoms with Crippen molar-refractivity contribution >= 4 is 15.9 Å². The van der Waals surface area contributed by atoms with Crippen molar-refractivity contribution in [1.29, 1.82) is 0 Å². The maximum absolute atomic E-state index is 3.99. The van der Waals surface area contributed by atoms with E-state index in [1.807, 2.05) is 11.7 Å². The molecule has 1 aliphatic carbocycles. The van der Waals surface area contributed by atoms with Crippen LogP contribution in [0.3, 0.4) is 0 Å². The summed E-state index contributed by atoms with van der Waals surface area (Å²) in [6.07, 6.45) is 4.97. The SMILES string of the molecule is CNC(CCc1c(Br)nnn1C)C1CC1. The normalized spacial score (nSPS) is 18.1. The van der Waals surface area contributed by atoms with Crippen molar-refractivity contribution in [1.82, 2.24) is 20.3 Å². The Morgan fingerprint density at radius 1 is 1.60 bits per heavy atom. The molecule has 1 fully saturated rings. The highest BCUT2D eigenvalue weighted by atomic mass is 79.9. The van der Waals surface area contributed by atoms with Crippen LogP contribution in [0.25, 0.3) is 0 Å². The van der Waals surface area contributed by atoms with E-state index in [4.69, 9.17) is 0 Å². The Bertz CT molecular complexity index is 313. The highest BCUT2D eigenvalue weighted by Gasteiger charge is 2.29. The molecule has 1 saturated carbocycles. The van der Waals surface area contributed by atoms with Crippen molar-refractivity contribution in [3.8, 4) is 0 Å². The molecule has 1 N–H and O–H groups in total. The molecule has 0 aliphatic heterocycles. The molecular weight excluding hydrogens is 256 g/mol. The first kappa shape index (κ1) is 11.1. The zero-order valence-electron chi connectivity index (χ0n) is 9.20. The zero-order chi connectivity index (χ0) is 10.8. The van der Waals surface area contributed by atoms with E-state index in [2.05, 4.69) is 38.6 Å². The van der Waals surface area contributed by atoms with Crippen LogP contribution in [-0.2, 0) is 13.5 Å². The number of aryl methyl sites for hydroxylation is 1. The van der Waals surface area contributed by atoms with Gasteiger partial charge in [0, 0.05) is 13.1 Å². The molecule has 2 rings (SSSR count). The van der Waals surface area contributed by atoms with Crippen LogP contribution < -0.4 is 5.32 Å². The fourth-order valence-electron chi connectivity index (χ4n) is 2.02. The van der Waals surface area contributed by atoms with E-state index < -0.39 is 0 Å². The van der Waals surface area contributed by atoms with Crippen molar-refractivity contribution in [2.24, 2.45) is 13.0 Å². The summed E-state index contributed by atoms with van der Waals surface area (Å²) < 4.78 is 2.74. The summed E-state index contributed by atoms with van der Waals surface area (Å²) in [5.74, 6) is 0.898. The molecule has 1 aromatic rings. The average Bonchev–Trinajstić information content (AvgIpc) is 3.00. The fourth-order valence-corrected chi connectivity index (χ4v) is 2.55. The molecule has 0 spiro atoms. The van der Waals surface area contributed by atoms with Crippen LogP contribution in [0.2, 0.25) is 0 Å². The number of hydrogen-bond donors (Lipinski definition) is 1. The first-order valence-corrected chi connectivity index (χ1v) is 6.23. The zero-order valence-corrected chi connectivity index (χ0v) is 10.8. The second kappa shape index (κ2) is 4.61. The Morgan fingerprint density at radius 2 is 2.33 bits per heavy atom. The highest BCUT2D eigenvalue weighted by Crippen LogP contribution is 2.34. The van der Waals surface area contributed by atoms with Crippen molar-refractivity contribution in [2.75, 3.05) is 7.05 Å². The van der Waals surface area contributed by atoms with Crippen LogP contribution in [0.1, 0.15) is 25.0 Å². The first-order chi connectivity index (χ1) is 7.22. The van der Waals surface area contributed by atoms with E-state index in [1.165, 1.54) is 25.0 Å².